The highest BCUT2D eigenvalue weighted by Gasteiger charge is 2.14. The maximum Gasteiger partial charge on any atom is 0.314 e. The lowest BCUT2D eigenvalue weighted by atomic mass is 10.1. The van der Waals surface area contributed by atoms with Crippen LogP contribution < -0.4 is 14.8 Å². The van der Waals surface area contributed by atoms with E-state index >= 15 is 0 Å². The number of ether oxygens (including phenoxy) is 3. The molecule has 3 aromatic carbocycles. The van der Waals surface area contributed by atoms with Gasteiger partial charge in [0.05, 0.1) is 38.2 Å². The number of benzene rings is 3. The highest BCUT2D eigenvalue weighted by atomic mass is 16.6. The zero-order chi connectivity index (χ0) is 33.4. The molecule has 1 saturated heterocycles. The third-order valence-corrected chi connectivity index (χ3v) is 7.04. The Labute approximate surface area is 272 Å². The molecule has 13 nitrogen and oxygen atoms in total. The van der Waals surface area contributed by atoms with Crippen molar-refractivity contribution in [3.05, 3.63) is 84.2 Å². The van der Waals surface area contributed by atoms with Crippen molar-refractivity contribution in [1.82, 2.24) is 14.9 Å². The van der Waals surface area contributed by atoms with Gasteiger partial charge < -0.3 is 34.6 Å². The summed E-state index contributed by atoms with van der Waals surface area (Å²) in [5.41, 5.74) is 4.52. The number of hydrogen-bond acceptors (Lipinski definition) is 11. The van der Waals surface area contributed by atoms with E-state index in [1.165, 1.54) is 0 Å². The van der Waals surface area contributed by atoms with Crippen LogP contribution in [0.5, 0.6) is 11.5 Å². The van der Waals surface area contributed by atoms with E-state index in [4.69, 9.17) is 29.3 Å². The van der Waals surface area contributed by atoms with E-state index in [2.05, 4.69) is 25.3 Å². The van der Waals surface area contributed by atoms with Gasteiger partial charge in [-0.1, -0.05) is 47.6 Å². The highest BCUT2D eigenvalue weighted by molar-refractivity contribution is 5.99. The first kappa shape index (κ1) is 34.6. The number of nitrogens with zero attached hydrogens (tertiary/aromatic N) is 4. The van der Waals surface area contributed by atoms with E-state index in [-0.39, 0.29) is 0 Å². The number of oxime groups is 1. The van der Waals surface area contributed by atoms with Crippen molar-refractivity contribution in [2.75, 3.05) is 51.9 Å². The fourth-order valence-electron chi connectivity index (χ4n) is 4.62. The van der Waals surface area contributed by atoms with Gasteiger partial charge in [-0.05, 0) is 42.7 Å². The van der Waals surface area contributed by atoms with Gasteiger partial charge in [0.25, 0.3) is 0 Å². The molecule has 5 rings (SSSR count). The Hall–Kier alpha value is -5.27. The Balaban J connectivity index is 0.000000644. The zero-order valence-corrected chi connectivity index (χ0v) is 26.4. The van der Waals surface area contributed by atoms with Crippen LogP contribution in [0.2, 0.25) is 0 Å². The second kappa shape index (κ2) is 18.0. The largest absolute Gasteiger partial charge is 0.493 e. The molecule has 0 radical (unpaired) electrons. The van der Waals surface area contributed by atoms with Crippen LogP contribution in [0, 0.1) is 0 Å². The summed E-state index contributed by atoms with van der Waals surface area (Å²) in [5, 5.41) is 23.9. The van der Waals surface area contributed by atoms with Crippen molar-refractivity contribution in [2.45, 2.75) is 26.4 Å². The third kappa shape index (κ3) is 11.2. The van der Waals surface area contributed by atoms with Gasteiger partial charge in [0.2, 0.25) is 0 Å². The molecule has 0 aliphatic carbocycles. The van der Waals surface area contributed by atoms with E-state index in [0.29, 0.717) is 30.5 Å². The van der Waals surface area contributed by atoms with Crippen LogP contribution >= 0.6 is 0 Å². The highest BCUT2D eigenvalue weighted by Crippen LogP contribution is 2.35. The van der Waals surface area contributed by atoms with Gasteiger partial charge in [-0.2, -0.15) is 0 Å². The SMILES string of the molecule is COc1cc2ncnc(Nc3ccc(C(C)=NOCc4ccccc4)cc3)c2cc1OCCCN1CCOCC1.O=C(O)CC(=O)O. The molecule has 0 amide bonds. The van der Waals surface area contributed by atoms with Crippen molar-refractivity contribution in [3.8, 4) is 11.5 Å². The van der Waals surface area contributed by atoms with E-state index < -0.39 is 18.4 Å². The first-order valence-corrected chi connectivity index (χ1v) is 15.1. The fraction of sp³-hybridized carbons (Fsp3) is 0.324. The molecule has 248 valence electrons. The maximum atomic E-state index is 9.43. The molecule has 0 unspecified atom stereocenters. The summed E-state index contributed by atoms with van der Waals surface area (Å²) in [7, 11) is 1.64. The summed E-state index contributed by atoms with van der Waals surface area (Å²) >= 11 is 0. The number of morpholine rings is 1. The number of carboxylic acids is 2. The van der Waals surface area contributed by atoms with Gasteiger partial charge in [0, 0.05) is 36.8 Å². The minimum absolute atomic E-state index is 0.433. The zero-order valence-electron chi connectivity index (χ0n) is 26.4. The Morgan fingerprint density at radius 2 is 1.70 bits per heavy atom. The number of aliphatic carboxylic acids is 2. The summed E-state index contributed by atoms with van der Waals surface area (Å²) in [4.78, 5) is 35.7. The first-order chi connectivity index (χ1) is 22.8. The smallest absolute Gasteiger partial charge is 0.314 e. The molecule has 1 aliphatic rings. The minimum atomic E-state index is -1.31. The predicted octanol–water partition coefficient (Wildman–Crippen LogP) is 4.97. The summed E-state index contributed by atoms with van der Waals surface area (Å²) in [6.07, 6.45) is 1.66. The standard InChI is InChI=1S/C31H35N5O4.C3H4O4/c1-23(35-40-21-24-7-4-3-5-8-24)25-9-11-26(12-10-25)34-31-27-19-30(29(37-2)20-28(27)32-22-33-31)39-16-6-13-36-14-17-38-18-15-36;4-2(5)1-3(6)7/h3-5,7-12,19-20,22H,6,13-18,21H2,1-2H3,(H,32,33,34);1H2,(H,4,5)(H,6,7). The third-order valence-electron chi connectivity index (χ3n) is 7.04. The van der Waals surface area contributed by atoms with Crippen molar-refractivity contribution in [2.24, 2.45) is 5.16 Å². The molecule has 1 aromatic heterocycles. The number of methoxy groups -OCH3 is 1. The quantitative estimate of drug-likeness (QED) is 0.0731. The van der Waals surface area contributed by atoms with Crippen molar-refractivity contribution in [1.29, 1.82) is 0 Å². The van der Waals surface area contributed by atoms with Crippen LogP contribution in [-0.4, -0.2) is 89.3 Å². The molecule has 0 atom stereocenters. The van der Waals surface area contributed by atoms with Crippen LogP contribution in [0.3, 0.4) is 0 Å². The average Bonchev–Trinajstić information content (AvgIpc) is 3.07. The fourth-order valence-corrected chi connectivity index (χ4v) is 4.62. The number of anilines is 2. The molecule has 1 aliphatic heterocycles. The Kier molecular flexibility index (Phi) is 13.3. The van der Waals surface area contributed by atoms with Gasteiger partial charge in [0.15, 0.2) is 11.5 Å². The summed E-state index contributed by atoms with van der Waals surface area (Å²) in [5.74, 6) is -0.611. The lowest BCUT2D eigenvalue weighted by molar-refractivity contribution is -0.147. The van der Waals surface area contributed by atoms with Crippen LogP contribution in [-0.2, 0) is 25.8 Å². The number of carboxylic acid groups (broad SMARTS) is 2. The average molecular weight is 646 g/mol. The molecule has 47 heavy (non-hydrogen) atoms. The maximum absolute atomic E-state index is 9.43. The van der Waals surface area contributed by atoms with Crippen molar-refractivity contribution in [3.63, 3.8) is 0 Å². The number of hydrogen-bond donors (Lipinski definition) is 3. The van der Waals surface area contributed by atoms with Crippen LogP contribution in [0.15, 0.2) is 78.2 Å². The van der Waals surface area contributed by atoms with Crippen LogP contribution in [0.4, 0.5) is 11.5 Å². The Bertz CT molecular complexity index is 1620. The number of fused-ring (bicyclic) bond motifs is 1. The number of carbonyl (C=O) groups is 2. The second-order valence-electron chi connectivity index (χ2n) is 10.5. The molecule has 2 heterocycles. The molecule has 13 heteroatoms. The molecule has 0 saturated carbocycles. The molecule has 3 N–H and O–H groups in total. The van der Waals surface area contributed by atoms with E-state index in [0.717, 1.165) is 72.7 Å². The van der Waals surface area contributed by atoms with E-state index in [9.17, 15) is 9.59 Å². The second-order valence-corrected chi connectivity index (χ2v) is 10.5. The molecule has 4 aromatic rings. The first-order valence-electron chi connectivity index (χ1n) is 15.1. The van der Waals surface area contributed by atoms with Gasteiger partial charge in [-0.25, -0.2) is 9.97 Å². The lowest BCUT2D eigenvalue weighted by Crippen LogP contribution is -2.37. The summed E-state index contributed by atoms with van der Waals surface area (Å²) in [6.45, 7) is 7.48. The minimum Gasteiger partial charge on any atom is -0.493 e. The monoisotopic (exact) mass is 645 g/mol. The van der Waals surface area contributed by atoms with Crippen molar-refractivity contribution < 1.29 is 38.9 Å². The number of rotatable bonds is 14. The van der Waals surface area contributed by atoms with E-state index in [1.54, 1.807) is 13.4 Å². The Morgan fingerprint density at radius 3 is 2.36 bits per heavy atom. The van der Waals surface area contributed by atoms with Gasteiger partial charge in [0.1, 0.15) is 25.2 Å². The Morgan fingerprint density at radius 1 is 0.979 bits per heavy atom. The van der Waals surface area contributed by atoms with Gasteiger partial charge in [-0.3, -0.25) is 14.5 Å². The predicted molar refractivity (Wildman–Crippen MR) is 177 cm³/mol. The summed E-state index contributed by atoms with van der Waals surface area (Å²) in [6, 6.07) is 21.8. The van der Waals surface area contributed by atoms with E-state index in [1.807, 2.05) is 73.7 Å². The molecule has 1 fully saturated rings. The van der Waals surface area contributed by atoms with Crippen LogP contribution in [0.1, 0.15) is 30.9 Å². The molecular weight excluding hydrogens is 606 g/mol. The molecular formula is C34H39N5O8. The van der Waals surface area contributed by atoms with Crippen LogP contribution in [0.25, 0.3) is 10.9 Å². The number of aromatic nitrogens is 2. The molecule has 0 bridgehead atoms. The summed E-state index contributed by atoms with van der Waals surface area (Å²) < 4.78 is 17.2. The lowest BCUT2D eigenvalue weighted by Gasteiger charge is -2.26. The molecule has 0 spiro atoms. The topological polar surface area (TPSA) is 165 Å². The van der Waals surface area contributed by atoms with Gasteiger partial charge >= 0.3 is 11.9 Å². The normalized spacial score (nSPS) is 13.3. The van der Waals surface area contributed by atoms with Gasteiger partial charge in [-0.15, -0.1) is 0 Å². The van der Waals surface area contributed by atoms with Crippen molar-refractivity contribution >= 4 is 40.1 Å². The number of nitrogens with one attached hydrogen (secondary N) is 1.